The topological polar surface area (TPSA) is 49.3 Å². The first-order chi connectivity index (χ1) is 14.3. The van der Waals surface area contributed by atoms with Crippen LogP contribution in [-0.4, -0.2) is 46.8 Å². The Kier molecular flexibility index (Phi) is 5.12. The van der Waals surface area contributed by atoms with Crippen molar-refractivity contribution in [2.24, 2.45) is 0 Å². The molecule has 0 N–H and O–H groups in total. The molecule has 5 nitrogen and oxygen atoms in total. The van der Waals surface area contributed by atoms with E-state index in [9.17, 15) is 4.79 Å². The first-order valence-electron chi connectivity index (χ1n) is 10.2. The summed E-state index contributed by atoms with van der Waals surface area (Å²) < 4.78 is 0. The van der Waals surface area contributed by atoms with Crippen molar-refractivity contribution in [3.05, 3.63) is 75.7 Å². The van der Waals surface area contributed by atoms with E-state index >= 15 is 0 Å². The fraction of sp³-hybridized carbons (Fsp3) is 0.348. The average molecular weight is 405 g/mol. The number of carbonyl (C=O) groups is 1. The summed E-state index contributed by atoms with van der Waals surface area (Å²) in [5, 5.41) is 2.08. The molecule has 0 bridgehead atoms. The minimum Gasteiger partial charge on any atom is -0.338 e. The summed E-state index contributed by atoms with van der Waals surface area (Å²) in [6, 6.07) is 14.8. The Morgan fingerprint density at radius 3 is 2.59 bits per heavy atom. The van der Waals surface area contributed by atoms with E-state index in [-0.39, 0.29) is 11.7 Å². The number of carbonyl (C=O) groups excluding carboxylic acids is 1. The molecule has 0 spiro atoms. The Balaban J connectivity index is 1.27. The zero-order chi connectivity index (χ0) is 19.6. The fourth-order valence-electron chi connectivity index (χ4n) is 4.26. The van der Waals surface area contributed by atoms with Crippen molar-refractivity contribution in [3.63, 3.8) is 0 Å². The van der Waals surface area contributed by atoms with E-state index in [1.807, 2.05) is 0 Å². The third-order valence-corrected chi connectivity index (χ3v) is 6.91. The molecule has 1 aliphatic carbocycles. The lowest BCUT2D eigenvalue weighted by Crippen LogP contribution is -2.46. The van der Waals surface area contributed by atoms with Crippen LogP contribution in [0.1, 0.15) is 38.8 Å². The molecule has 0 radical (unpaired) electrons. The number of hydrogen-bond acceptors (Lipinski definition) is 6. The van der Waals surface area contributed by atoms with Crippen molar-refractivity contribution in [2.45, 2.75) is 25.3 Å². The molecule has 1 aliphatic heterocycles. The molecule has 3 aromatic rings. The zero-order valence-corrected chi connectivity index (χ0v) is 17.1. The SMILES string of the molecule is O=C1C[C@@H](c2cccs2)Cc2nc(N3CCN(Cc4ccccc4)CC3)ncc21. The van der Waals surface area contributed by atoms with Gasteiger partial charge in [-0.25, -0.2) is 9.97 Å². The first kappa shape index (κ1) is 18.5. The third kappa shape index (κ3) is 3.95. The van der Waals surface area contributed by atoms with E-state index in [2.05, 4.69) is 62.6 Å². The Labute approximate surface area is 175 Å². The minimum absolute atomic E-state index is 0.170. The molecule has 6 heteroatoms. The number of ketones is 1. The van der Waals surface area contributed by atoms with Crippen LogP contribution in [0.15, 0.2) is 54.0 Å². The highest BCUT2D eigenvalue weighted by molar-refractivity contribution is 7.10. The summed E-state index contributed by atoms with van der Waals surface area (Å²) in [5.41, 5.74) is 2.98. The van der Waals surface area contributed by atoms with Gasteiger partial charge in [-0.3, -0.25) is 9.69 Å². The molecule has 2 aromatic heterocycles. The highest BCUT2D eigenvalue weighted by atomic mass is 32.1. The van der Waals surface area contributed by atoms with Crippen LogP contribution < -0.4 is 4.90 Å². The fourth-order valence-corrected chi connectivity index (χ4v) is 5.09. The lowest BCUT2D eigenvalue weighted by atomic mass is 9.86. The van der Waals surface area contributed by atoms with E-state index in [4.69, 9.17) is 4.98 Å². The minimum atomic E-state index is 0.170. The molecular formula is C23H24N4OS. The molecule has 0 saturated carbocycles. The van der Waals surface area contributed by atoms with Crippen LogP contribution in [0.3, 0.4) is 0 Å². The Hall–Kier alpha value is -2.57. The molecule has 1 saturated heterocycles. The van der Waals surface area contributed by atoms with Crippen LogP contribution in [0.4, 0.5) is 5.95 Å². The summed E-state index contributed by atoms with van der Waals surface area (Å²) in [6.45, 7) is 4.79. The quantitative estimate of drug-likeness (QED) is 0.662. The number of Topliss-reactive ketones (excluding diaryl/α,β-unsaturated/α-hetero) is 1. The number of anilines is 1. The normalized spacial score (nSPS) is 19.9. The Morgan fingerprint density at radius 2 is 1.83 bits per heavy atom. The van der Waals surface area contributed by atoms with E-state index in [0.29, 0.717) is 12.0 Å². The van der Waals surface area contributed by atoms with Crippen molar-refractivity contribution in [1.82, 2.24) is 14.9 Å². The van der Waals surface area contributed by atoms with E-state index < -0.39 is 0 Å². The number of aromatic nitrogens is 2. The zero-order valence-electron chi connectivity index (χ0n) is 16.3. The van der Waals surface area contributed by atoms with Crippen LogP contribution >= 0.6 is 11.3 Å². The van der Waals surface area contributed by atoms with Gasteiger partial charge in [-0.05, 0) is 23.4 Å². The number of benzene rings is 1. The second-order valence-electron chi connectivity index (χ2n) is 7.82. The highest BCUT2D eigenvalue weighted by Crippen LogP contribution is 2.34. The lowest BCUT2D eigenvalue weighted by Gasteiger charge is -2.35. The largest absolute Gasteiger partial charge is 0.338 e. The van der Waals surface area contributed by atoms with Crippen molar-refractivity contribution in [2.75, 3.05) is 31.1 Å². The van der Waals surface area contributed by atoms with Crippen molar-refractivity contribution < 1.29 is 4.79 Å². The monoisotopic (exact) mass is 404 g/mol. The van der Waals surface area contributed by atoms with E-state index in [1.165, 1.54) is 10.4 Å². The summed E-state index contributed by atoms with van der Waals surface area (Å²) in [4.78, 5) is 28.0. The molecule has 148 valence electrons. The maximum atomic E-state index is 12.6. The van der Waals surface area contributed by atoms with Crippen LogP contribution in [-0.2, 0) is 13.0 Å². The average Bonchev–Trinajstić information content (AvgIpc) is 3.30. The number of rotatable bonds is 4. The molecule has 0 unspecified atom stereocenters. The maximum absolute atomic E-state index is 12.6. The summed E-state index contributed by atoms with van der Waals surface area (Å²) in [5.74, 6) is 1.19. The molecule has 1 fully saturated rings. The van der Waals surface area contributed by atoms with Gasteiger partial charge in [0.05, 0.1) is 11.3 Å². The Bertz CT molecular complexity index is 981. The van der Waals surface area contributed by atoms with Gasteiger partial charge in [0.2, 0.25) is 5.95 Å². The predicted octanol–water partition coefficient (Wildman–Crippen LogP) is 3.77. The van der Waals surface area contributed by atoms with Crippen LogP contribution in [0, 0.1) is 0 Å². The molecule has 5 rings (SSSR count). The van der Waals surface area contributed by atoms with Gasteiger partial charge in [0.25, 0.3) is 0 Å². The number of fused-ring (bicyclic) bond motifs is 1. The standard InChI is InChI=1S/C23H24N4OS/c28-21-14-18(22-7-4-12-29-22)13-20-19(21)15-24-23(25-20)27-10-8-26(9-11-27)16-17-5-2-1-3-6-17/h1-7,12,15,18H,8-11,13-14,16H2/t18-/m0/s1. The van der Waals surface area contributed by atoms with Gasteiger partial charge >= 0.3 is 0 Å². The molecule has 1 aromatic carbocycles. The maximum Gasteiger partial charge on any atom is 0.225 e. The predicted molar refractivity (Wildman–Crippen MR) is 116 cm³/mol. The third-order valence-electron chi connectivity index (χ3n) is 5.88. The number of piperazine rings is 1. The smallest absolute Gasteiger partial charge is 0.225 e. The molecule has 0 amide bonds. The first-order valence-corrected chi connectivity index (χ1v) is 11.1. The van der Waals surface area contributed by atoms with Gasteiger partial charge in [-0.1, -0.05) is 36.4 Å². The summed E-state index contributed by atoms with van der Waals surface area (Å²) in [7, 11) is 0. The number of hydrogen-bond donors (Lipinski definition) is 0. The number of thiophene rings is 1. The summed E-state index contributed by atoms with van der Waals surface area (Å²) in [6.07, 6.45) is 3.14. The van der Waals surface area contributed by atoms with Crippen molar-refractivity contribution in [1.29, 1.82) is 0 Å². The molecular weight excluding hydrogens is 380 g/mol. The van der Waals surface area contributed by atoms with Gasteiger partial charge in [-0.15, -0.1) is 11.3 Å². The molecule has 29 heavy (non-hydrogen) atoms. The van der Waals surface area contributed by atoms with Gasteiger partial charge in [0, 0.05) is 56.1 Å². The van der Waals surface area contributed by atoms with E-state index in [0.717, 1.165) is 50.8 Å². The van der Waals surface area contributed by atoms with Gasteiger partial charge in [0.15, 0.2) is 5.78 Å². The lowest BCUT2D eigenvalue weighted by molar-refractivity contribution is 0.0963. The molecule has 3 heterocycles. The second kappa shape index (κ2) is 8.05. The van der Waals surface area contributed by atoms with Crippen molar-refractivity contribution in [3.8, 4) is 0 Å². The van der Waals surface area contributed by atoms with Gasteiger partial charge in [-0.2, -0.15) is 0 Å². The highest BCUT2D eigenvalue weighted by Gasteiger charge is 2.29. The van der Waals surface area contributed by atoms with Crippen LogP contribution in [0.25, 0.3) is 0 Å². The number of nitrogens with zero attached hydrogens (tertiary/aromatic N) is 4. The summed E-state index contributed by atoms with van der Waals surface area (Å²) >= 11 is 1.73. The van der Waals surface area contributed by atoms with Gasteiger partial charge in [0.1, 0.15) is 0 Å². The second-order valence-corrected chi connectivity index (χ2v) is 8.80. The van der Waals surface area contributed by atoms with Crippen LogP contribution in [0.5, 0.6) is 0 Å². The van der Waals surface area contributed by atoms with Crippen molar-refractivity contribution >= 4 is 23.1 Å². The van der Waals surface area contributed by atoms with Crippen LogP contribution in [0.2, 0.25) is 0 Å². The Morgan fingerprint density at radius 1 is 1.00 bits per heavy atom. The molecule has 2 aliphatic rings. The molecule has 1 atom stereocenters. The van der Waals surface area contributed by atoms with Gasteiger partial charge < -0.3 is 4.90 Å². The van der Waals surface area contributed by atoms with E-state index in [1.54, 1.807) is 17.5 Å².